The van der Waals surface area contributed by atoms with Gasteiger partial charge in [0, 0.05) is 19.3 Å². The molecule has 0 aliphatic rings. The van der Waals surface area contributed by atoms with E-state index in [9.17, 15) is 14.4 Å². The van der Waals surface area contributed by atoms with E-state index >= 15 is 0 Å². The Labute approximate surface area is 374 Å². The third kappa shape index (κ3) is 43.1. The third-order valence-electron chi connectivity index (χ3n) is 13.2. The second kappa shape index (κ2) is 45.4. The van der Waals surface area contributed by atoms with E-state index in [-0.39, 0.29) is 31.1 Å². The molecule has 4 atom stereocenters. The first-order chi connectivity index (χ1) is 29.2. The summed E-state index contributed by atoms with van der Waals surface area (Å²) >= 11 is 0. The summed E-state index contributed by atoms with van der Waals surface area (Å²) in [7, 11) is 0. The Balaban J connectivity index is 4.30. The molecular formula is C54H104O6. The van der Waals surface area contributed by atoms with E-state index < -0.39 is 6.10 Å². The fourth-order valence-electron chi connectivity index (χ4n) is 8.02. The van der Waals surface area contributed by atoms with Crippen molar-refractivity contribution in [1.29, 1.82) is 0 Å². The lowest BCUT2D eigenvalue weighted by Gasteiger charge is -2.18. The van der Waals surface area contributed by atoms with E-state index in [0.717, 1.165) is 75.5 Å². The molecule has 0 spiro atoms. The Bertz CT molecular complexity index is 935. The standard InChI is InChI=1S/C54H104O6/c1-7-48(4)40-34-28-22-16-14-12-10-11-13-15-17-25-31-37-43-52(55)58-46-51(60-54(57)45-39-33-27-21-19-24-30-36-42-50(6)9-3)47-59-53(56)44-38-32-26-20-18-23-29-35-41-49(5)8-2/h48-51H,7-47H2,1-6H3/t48?,49?,50?,51-/m0/s1. The first kappa shape index (κ1) is 58.4. The van der Waals surface area contributed by atoms with Gasteiger partial charge in [0.25, 0.3) is 0 Å². The lowest BCUT2D eigenvalue weighted by Crippen LogP contribution is -2.30. The van der Waals surface area contributed by atoms with Gasteiger partial charge < -0.3 is 14.2 Å². The fraction of sp³-hybridized carbons (Fsp3) is 0.944. The van der Waals surface area contributed by atoms with Crippen molar-refractivity contribution in [3.05, 3.63) is 0 Å². The summed E-state index contributed by atoms with van der Waals surface area (Å²) in [6.45, 7) is 13.8. The van der Waals surface area contributed by atoms with E-state index in [1.165, 1.54) is 173 Å². The first-order valence-corrected chi connectivity index (χ1v) is 26.7. The molecule has 0 aliphatic heterocycles. The average Bonchev–Trinajstić information content (AvgIpc) is 3.25. The number of esters is 3. The summed E-state index contributed by atoms with van der Waals surface area (Å²) in [5.41, 5.74) is 0. The quantitative estimate of drug-likeness (QED) is 0.0345. The molecule has 3 unspecified atom stereocenters. The maximum atomic E-state index is 12.8. The van der Waals surface area contributed by atoms with Crippen LogP contribution >= 0.6 is 0 Å². The van der Waals surface area contributed by atoms with Crippen LogP contribution in [0.2, 0.25) is 0 Å². The Kier molecular flexibility index (Phi) is 44.2. The van der Waals surface area contributed by atoms with Crippen molar-refractivity contribution in [2.75, 3.05) is 13.2 Å². The van der Waals surface area contributed by atoms with E-state index in [0.29, 0.717) is 19.3 Å². The van der Waals surface area contributed by atoms with Crippen LogP contribution in [0.5, 0.6) is 0 Å². The fourth-order valence-corrected chi connectivity index (χ4v) is 8.02. The zero-order valence-corrected chi connectivity index (χ0v) is 41.3. The normalized spacial score (nSPS) is 13.5. The van der Waals surface area contributed by atoms with Crippen LogP contribution in [0, 0.1) is 17.8 Å². The van der Waals surface area contributed by atoms with Crippen molar-refractivity contribution in [2.24, 2.45) is 17.8 Å². The van der Waals surface area contributed by atoms with Crippen LogP contribution in [0.4, 0.5) is 0 Å². The van der Waals surface area contributed by atoms with Gasteiger partial charge in [0.2, 0.25) is 0 Å². The van der Waals surface area contributed by atoms with Crippen molar-refractivity contribution in [2.45, 2.75) is 298 Å². The molecule has 6 heteroatoms. The topological polar surface area (TPSA) is 78.9 Å². The number of carbonyl (C=O) groups is 3. The zero-order chi connectivity index (χ0) is 44.2. The van der Waals surface area contributed by atoms with Crippen LogP contribution in [0.1, 0.15) is 292 Å². The largest absolute Gasteiger partial charge is 0.462 e. The number of unbranched alkanes of at least 4 members (excludes halogenated alkanes) is 27. The summed E-state index contributed by atoms with van der Waals surface area (Å²) in [5.74, 6) is 1.73. The predicted molar refractivity (Wildman–Crippen MR) is 256 cm³/mol. The van der Waals surface area contributed by atoms with Gasteiger partial charge in [-0.05, 0) is 37.0 Å². The van der Waals surface area contributed by atoms with Gasteiger partial charge in [-0.25, -0.2) is 0 Å². The van der Waals surface area contributed by atoms with Gasteiger partial charge in [0.05, 0.1) is 0 Å². The lowest BCUT2D eigenvalue weighted by molar-refractivity contribution is -0.167. The van der Waals surface area contributed by atoms with Gasteiger partial charge in [-0.15, -0.1) is 0 Å². The molecule has 0 amide bonds. The zero-order valence-electron chi connectivity index (χ0n) is 41.3. The Hall–Kier alpha value is -1.59. The molecule has 60 heavy (non-hydrogen) atoms. The summed E-state index contributed by atoms with van der Waals surface area (Å²) in [6.07, 6.45) is 45.0. The maximum absolute atomic E-state index is 12.8. The number of carbonyl (C=O) groups excluding carboxylic acids is 3. The van der Waals surface area contributed by atoms with Crippen LogP contribution in [0.3, 0.4) is 0 Å². The van der Waals surface area contributed by atoms with Crippen molar-refractivity contribution >= 4 is 17.9 Å². The summed E-state index contributed by atoms with van der Waals surface area (Å²) in [6, 6.07) is 0. The molecule has 0 radical (unpaired) electrons. The van der Waals surface area contributed by atoms with Gasteiger partial charge in [0.15, 0.2) is 6.10 Å². The van der Waals surface area contributed by atoms with Crippen molar-refractivity contribution in [3.63, 3.8) is 0 Å². The van der Waals surface area contributed by atoms with Gasteiger partial charge in [-0.2, -0.15) is 0 Å². The highest BCUT2D eigenvalue weighted by atomic mass is 16.6. The second-order valence-corrected chi connectivity index (χ2v) is 19.2. The van der Waals surface area contributed by atoms with E-state index in [2.05, 4.69) is 41.5 Å². The van der Waals surface area contributed by atoms with Crippen LogP contribution in [0.25, 0.3) is 0 Å². The molecule has 0 saturated carbocycles. The second-order valence-electron chi connectivity index (χ2n) is 19.2. The van der Waals surface area contributed by atoms with Crippen LogP contribution < -0.4 is 0 Å². The molecule has 0 aromatic heterocycles. The first-order valence-electron chi connectivity index (χ1n) is 26.7. The monoisotopic (exact) mass is 849 g/mol. The summed E-state index contributed by atoms with van der Waals surface area (Å²) in [4.78, 5) is 38.0. The molecule has 0 aliphatic carbocycles. The minimum Gasteiger partial charge on any atom is -0.462 e. The summed E-state index contributed by atoms with van der Waals surface area (Å²) in [5, 5.41) is 0. The lowest BCUT2D eigenvalue weighted by atomic mass is 9.99. The van der Waals surface area contributed by atoms with Crippen molar-refractivity contribution < 1.29 is 28.6 Å². The summed E-state index contributed by atoms with van der Waals surface area (Å²) < 4.78 is 16.8. The number of rotatable bonds is 47. The third-order valence-corrected chi connectivity index (χ3v) is 13.2. The minimum absolute atomic E-state index is 0.0650. The van der Waals surface area contributed by atoms with Crippen molar-refractivity contribution in [1.82, 2.24) is 0 Å². The van der Waals surface area contributed by atoms with Gasteiger partial charge in [-0.3, -0.25) is 14.4 Å². The van der Waals surface area contributed by atoms with E-state index in [4.69, 9.17) is 14.2 Å². The Morgan fingerprint density at radius 1 is 0.317 bits per heavy atom. The molecular weight excluding hydrogens is 745 g/mol. The van der Waals surface area contributed by atoms with Crippen LogP contribution in [0.15, 0.2) is 0 Å². The molecule has 0 aromatic carbocycles. The SMILES string of the molecule is CCC(C)CCCCCCCCCCCCCCCCC(=O)OC[C@@H](COC(=O)CCCCCCCCCCC(C)CC)OC(=O)CCCCCCCCCCC(C)CC. The minimum atomic E-state index is -0.763. The molecule has 0 aromatic rings. The molecule has 6 nitrogen and oxygen atoms in total. The molecule has 0 bridgehead atoms. The number of hydrogen-bond acceptors (Lipinski definition) is 6. The van der Waals surface area contributed by atoms with Crippen LogP contribution in [-0.2, 0) is 28.6 Å². The maximum Gasteiger partial charge on any atom is 0.306 e. The molecule has 0 fully saturated rings. The van der Waals surface area contributed by atoms with Crippen LogP contribution in [-0.4, -0.2) is 37.2 Å². The highest BCUT2D eigenvalue weighted by molar-refractivity contribution is 5.71. The van der Waals surface area contributed by atoms with Gasteiger partial charge in [-0.1, -0.05) is 253 Å². The van der Waals surface area contributed by atoms with Gasteiger partial charge >= 0.3 is 17.9 Å². The highest BCUT2D eigenvalue weighted by Crippen LogP contribution is 2.19. The van der Waals surface area contributed by atoms with Gasteiger partial charge in [0.1, 0.15) is 13.2 Å². The predicted octanol–water partition coefficient (Wildman–Crippen LogP) is 17.2. The van der Waals surface area contributed by atoms with E-state index in [1.54, 1.807) is 0 Å². The molecule has 0 saturated heterocycles. The molecule has 0 heterocycles. The smallest absolute Gasteiger partial charge is 0.306 e. The Morgan fingerprint density at radius 2 is 0.533 bits per heavy atom. The molecule has 356 valence electrons. The van der Waals surface area contributed by atoms with Crippen molar-refractivity contribution in [3.8, 4) is 0 Å². The molecule has 0 N–H and O–H groups in total. The highest BCUT2D eigenvalue weighted by Gasteiger charge is 2.19. The number of hydrogen-bond donors (Lipinski definition) is 0. The van der Waals surface area contributed by atoms with E-state index in [1.807, 2.05) is 0 Å². The molecule has 0 rings (SSSR count). The Morgan fingerprint density at radius 3 is 0.783 bits per heavy atom. The number of ether oxygens (including phenoxy) is 3. The average molecular weight is 849 g/mol.